The molecule has 0 aliphatic carbocycles. The molecule has 1 rings (SSSR count). The molecule has 0 aromatic heterocycles. The predicted molar refractivity (Wildman–Crippen MR) is 51.3 cm³/mol. The van der Waals surface area contributed by atoms with Crippen molar-refractivity contribution in [2.45, 2.75) is 39.2 Å². The maximum Gasteiger partial charge on any atom is 0.0626 e. The molecule has 2 heteroatoms. The normalized spacial score (nSPS) is 28.8. The zero-order chi connectivity index (χ0) is 9.03. The fourth-order valence-electron chi connectivity index (χ4n) is 1.56. The van der Waals surface area contributed by atoms with Crippen molar-refractivity contribution in [1.29, 1.82) is 0 Å². The van der Waals surface area contributed by atoms with E-state index in [-0.39, 0.29) is 5.60 Å². The topological polar surface area (TPSA) is 21.3 Å². The zero-order valence-electron chi connectivity index (χ0n) is 8.52. The highest BCUT2D eigenvalue weighted by molar-refractivity contribution is 4.77. The van der Waals surface area contributed by atoms with Gasteiger partial charge in [-0.2, -0.15) is 0 Å². The Balaban J connectivity index is 2.18. The Morgan fingerprint density at radius 1 is 1.50 bits per heavy atom. The molecule has 72 valence electrons. The minimum Gasteiger partial charge on any atom is -0.375 e. The fourth-order valence-corrected chi connectivity index (χ4v) is 1.56. The van der Waals surface area contributed by atoms with Crippen LogP contribution < -0.4 is 5.32 Å². The van der Waals surface area contributed by atoms with Gasteiger partial charge in [0.2, 0.25) is 0 Å². The molecule has 1 fully saturated rings. The Morgan fingerprint density at radius 2 is 2.25 bits per heavy atom. The van der Waals surface area contributed by atoms with Crippen LogP contribution in [0, 0.1) is 5.92 Å². The van der Waals surface area contributed by atoms with Crippen molar-refractivity contribution in [2.24, 2.45) is 5.92 Å². The number of hydrogen-bond donors (Lipinski definition) is 1. The molecular formula is C10H21NO. The first kappa shape index (κ1) is 10.0. The van der Waals surface area contributed by atoms with E-state index in [1.807, 2.05) is 0 Å². The van der Waals surface area contributed by atoms with Gasteiger partial charge in [-0.3, -0.25) is 0 Å². The van der Waals surface area contributed by atoms with Gasteiger partial charge in [-0.1, -0.05) is 6.92 Å². The largest absolute Gasteiger partial charge is 0.375 e. The Labute approximate surface area is 75.7 Å². The number of rotatable bonds is 3. The van der Waals surface area contributed by atoms with Crippen LogP contribution in [0.15, 0.2) is 0 Å². The standard InChI is InChI=1S/C10H21NO/c1-4-11-7-9-5-6-10(2,3)12-8-9/h9,11H,4-8H2,1-3H3. The lowest BCUT2D eigenvalue weighted by atomic mass is 9.91. The highest BCUT2D eigenvalue weighted by Crippen LogP contribution is 2.26. The summed E-state index contributed by atoms with van der Waals surface area (Å²) in [5.74, 6) is 0.734. The summed E-state index contributed by atoms with van der Waals surface area (Å²) >= 11 is 0. The number of nitrogens with one attached hydrogen (secondary N) is 1. The molecule has 1 aliphatic rings. The van der Waals surface area contributed by atoms with Gasteiger partial charge >= 0.3 is 0 Å². The lowest BCUT2D eigenvalue weighted by Crippen LogP contribution is -2.37. The van der Waals surface area contributed by atoms with E-state index in [9.17, 15) is 0 Å². The van der Waals surface area contributed by atoms with Crippen LogP contribution in [0.3, 0.4) is 0 Å². The monoisotopic (exact) mass is 171 g/mol. The SMILES string of the molecule is CCNCC1CCC(C)(C)OC1. The lowest BCUT2D eigenvalue weighted by Gasteiger charge is -2.34. The minimum atomic E-state index is 0.128. The van der Waals surface area contributed by atoms with Crippen LogP contribution in [-0.2, 0) is 4.74 Å². The first-order valence-electron chi connectivity index (χ1n) is 4.99. The van der Waals surface area contributed by atoms with E-state index in [0.29, 0.717) is 0 Å². The highest BCUT2D eigenvalue weighted by atomic mass is 16.5. The van der Waals surface area contributed by atoms with Gasteiger partial charge in [-0.25, -0.2) is 0 Å². The van der Waals surface area contributed by atoms with Crippen molar-refractivity contribution in [3.05, 3.63) is 0 Å². The third kappa shape index (κ3) is 3.11. The molecule has 0 aromatic rings. The van der Waals surface area contributed by atoms with E-state index >= 15 is 0 Å². The molecule has 1 aliphatic heterocycles. The molecule has 1 N–H and O–H groups in total. The molecular weight excluding hydrogens is 150 g/mol. The van der Waals surface area contributed by atoms with Crippen molar-refractivity contribution < 1.29 is 4.74 Å². The van der Waals surface area contributed by atoms with Gasteiger partial charge < -0.3 is 10.1 Å². The van der Waals surface area contributed by atoms with Crippen LogP contribution in [0.2, 0.25) is 0 Å². The molecule has 2 nitrogen and oxygen atoms in total. The van der Waals surface area contributed by atoms with Crippen molar-refractivity contribution >= 4 is 0 Å². The quantitative estimate of drug-likeness (QED) is 0.699. The van der Waals surface area contributed by atoms with Crippen molar-refractivity contribution in [1.82, 2.24) is 5.32 Å². The maximum absolute atomic E-state index is 5.73. The second-order valence-electron chi connectivity index (χ2n) is 4.28. The van der Waals surface area contributed by atoms with Crippen molar-refractivity contribution in [2.75, 3.05) is 19.7 Å². The van der Waals surface area contributed by atoms with Crippen LogP contribution in [0.25, 0.3) is 0 Å². The van der Waals surface area contributed by atoms with E-state index in [2.05, 4.69) is 26.1 Å². The zero-order valence-corrected chi connectivity index (χ0v) is 8.52. The molecule has 0 bridgehead atoms. The van der Waals surface area contributed by atoms with Gasteiger partial charge in [0.05, 0.1) is 12.2 Å². The van der Waals surface area contributed by atoms with Crippen molar-refractivity contribution in [3.8, 4) is 0 Å². The fraction of sp³-hybridized carbons (Fsp3) is 1.00. The van der Waals surface area contributed by atoms with Crippen LogP contribution in [-0.4, -0.2) is 25.3 Å². The van der Waals surface area contributed by atoms with Crippen LogP contribution in [0.5, 0.6) is 0 Å². The minimum absolute atomic E-state index is 0.128. The summed E-state index contributed by atoms with van der Waals surface area (Å²) in [6.07, 6.45) is 2.50. The molecule has 0 amide bonds. The Morgan fingerprint density at radius 3 is 2.75 bits per heavy atom. The Bertz CT molecular complexity index is 124. The van der Waals surface area contributed by atoms with Gasteiger partial charge in [-0.15, -0.1) is 0 Å². The third-order valence-electron chi connectivity index (χ3n) is 2.55. The molecule has 1 saturated heterocycles. The molecule has 1 heterocycles. The summed E-state index contributed by atoms with van der Waals surface area (Å²) in [4.78, 5) is 0. The van der Waals surface area contributed by atoms with Gasteiger partial charge in [0.25, 0.3) is 0 Å². The summed E-state index contributed by atoms with van der Waals surface area (Å²) in [5.41, 5.74) is 0.128. The summed E-state index contributed by atoms with van der Waals surface area (Å²) < 4.78 is 5.73. The van der Waals surface area contributed by atoms with E-state index in [4.69, 9.17) is 4.74 Å². The molecule has 0 spiro atoms. The van der Waals surface area contributed by atoms with Crippen LogP contribution in [0.4, 0.5) is 0 Å². The van der Waals surface area contributed by atoms with Gasteiger partial charge in [-0.05, 0) is 39.2 Å². The van der Waals surface area contributed by atoms with E-state index in [0.717, 1.165) is 25.6 Å². The molecule has 0 saturated carbocycles. The van der Waals surface area contributed by atoms with Crippen LogP contribution >= 0.6 is 0 Å². The lowest BCUT2D eigenvalue weighted by molar-refractivity contribution is -0.0757. The van der Waals surface area contributed by atoms with Gasteiger partial charge in [0, 0.05) is 6.54 Å². The van der Waals surface area contributed by atoms with Gasteiger partial charge in [0.15, 0.2) is 0 Å². The summed E-state index contributed by atoms with van der Waals surface area (Å²) in [6, 6.07) is 0. The number of ether oxygens (including phenoxy) is 1. The summed E-state index contributed by atoms with van der Waals surface area (Å²) in [7, 11) is 0. The van der Waals surface area contributed by atoms with E-state index in [1.54, 1.807) is 0 Å². The third-order valence-corrected chi connectivity index (χ3v) is 2.55. The first-order chi connectivity index (χ1) is 5.64. The second-order valence-corrected chi connectivity index (χ2v) is 4.28. The highest BCUT2D eigenvalue weighted by Gasteiger charge is 2.26. The average molecular weight is 171 g/mol. The molecule has 0 radical (unpaired) electrons. The predicted octanol–water partition coefficient (Wildman–Crippen LogP) is 1.80. The van der Waals surface area contributed by atoms with E-state index < -0.39 is 0 Å². The molecule has 0 aromatic carbocycles. The maximum atomic E-state index is 5.73. The van der Waals surface area contributed by atoms with Crippen molar-refractivity contribution in [3.63, 3.8) is 0 Å². The van der Waals surface area contributed by atoms with E-state index in [1.165, 1.54) is 12.8 Å². The second kappa shape index (κ2) is 4.24. The van der Waals surface area contributed by atoms with Crippen LogP contribution in [0.1, 0.15) is 33.6 Å². The first-order valence-corrected chi connectivity index (χ1v) is 4.99. The van der Waals surface area contributed by atoms with Gasteiger partial charge in [0.1, 0.15) is 0 Å². The molecule has 1 unspecified atom stereocenters. The Kier molecular flexibility index (Phi) is 3.53. The molecule has 1 atom stereocenters. The average Bonchev–Trinajstić information content (AvgIpc) is 2.03. The Hall–Kier alpha value is -0.0800. The number of hydrogen-bond acceptors (Lipinski definition) is 2. The summed E-state index contributed by atoms with van der Waals surface area (Å²) in [6.45, 7) is 9.62. The molecule has 12 heavy (non-hydrogen) atoms. The summed E-state index contributed by atoms with van der Waals surface area (Å²) in [5, 5.41) is 3.37. The smallest absolute Gasteiger partial charge is 0.0626 e.